The van der Waals surface area contributed by atoms with Crippen LogP contribution in [0.5, 0.6) is 0 Å². The van der Waals surface area contributed by atoms with Gasteiger partial charge >= 0.3 is 0 Å². The van der Waals surface area contributed by atoms with E-state index in [0.717, 1.165) is 38.4 Å². The van der Waals surface area contributed by atoms with Gasteiger partial charge in [-0.05, 0) is 25.7 Å². The Morgan fingerprint density at radius 1 is 0.889 bits per heavy atom. The number of nitrogens with two attached hydrogens (primary N) is 1. The summed E-state index contributed by atoms with van der Waals surface area (Å²) in [5.74, 6) is 1.98. The second-order valence-corrected chi connectivity index (χ2v) is 6.55. The Balaban J connectivity index is 1.84. The van der Waals surface area contributed by atoms with Crippen LogP contribution in [0.15, 0.2) is 0 Å². The Morgan fingerprint density at radius 2 is 1.56 bits per heavy atom. The fraction of sp³-hybridized carbons (Fsp3) is 0.833. The summed E-state index contributed by atoms with van der Waals surface area (Å²) in [7, 11) is 0. The average molecular weight is 382 g/mol. The van der Waals surface area contributed by atoms with Crippen molar-refractivity contribution in [3.63, 3.8) is 0 Å². The Hall–Kier alpha value is -1.71. The van der Waals surface area contributed by atoms with Crippen molar-refractivity contribution in [1.82, 2.24) is 15.0 Å². The van der Waals surface area contributed by atoms with Gasteiger partial charge in [-0.25, -0.2) is 0 Å². The largest absolute Gasteiger partial charge is 0.378 e. The minimum absolute atomic E-state index is 0.537. The molecule has 0 radical (unpaired) electrons. The van der Waals surface area contributed by atoms with Crippen LogP contribution in [0.3, 0.4) is 0 Å². The first-order valence-electron chi connectivity index (χ1n) is 10.2. The Morgan fingerprint density at radius 3 is 2.22 bits per heavy atom. The number of ether oxygens (including phenoxy) is 2. The molecule has 2 heterocycles. The fourth-order valence-electron chi connectivity index (χ4n) is 2.78. The first kappa shape index (κ1) is 21.6. The van der Waals surface area contributed by atoms with Gasteiger partial charge in [0.1, 0.15) is 0 Å². The lowest BCUT2D eigenvalue weighted by atomic mass is 10.1. The van der Waals surface area contributed by atoms with Gasteiger partial charge in [0.2, 0.25) is 17.8 Å². The van der Waals surface area contributed by atoms with Gasteiger partial charge in [-0.15, -0.1) is 0 Å². The van der Waals surface area contributed by atoms with Gasteiger partial charge in [0.05, 0.1) is 26.4 Å². The van der Waals surface area contributed by atoms with Crippen LogP contribution in [0.1, 0.15) is 39.0 Å². The highest BCUT2D eigenvalue weighted by Gasteiger charge is 2.16. The zero-order valence-corrected chi connectivity index (χ0v) is 16.6. The van der Waals surface area contributed by atoms with E-state index in [0.29, 0.717) is 51.4 Å². The van der Waals surface area contributed by atoms with E-state index < -0.39 is 0 Å². The molecule has 1 fully saturated rings. The summed E-state index contributed by atoms with van der Waals surface area (Å²) in [5, 5.41) is 6.55. The number of piperidine rings is 1. The fourth-order valence-corrected chi connectivity index (χ4v) is 2.78. The third-order valence-electron chi connectivity index (χ3n) is 4.24. The second kappa shape index (κ2) is 13.5. The molecule has 9 nitrogen and oxygen atoms in total. The van der Waals surface area contributed by atoms with Crippen molar-refractivity contribution in [1.29, 1.82) is 0 Å². The van der Waals surface area contributed by atoms with Crippen LogP contribution < -0.4 is 21.3 Å². The molecular formula is C18H35N7O2. The summed E-state index contributed by atoms with van der Waals surface area (Å²) in [6.45, 7) is 8.47. The van der Waals surface area contributed by atoms with Crippen LogP contribution in [0.4, 0.5) is 17.8 Å². The number of hydrogen-bond donors (Lipinski definition) is 3. The van der Waals surface area contributed by atoms with Crippen molar-refractivity contribution in [2.75, 3.05) is 74.7 Å². The summed E-state index contributed by atoms with van der Waals surface area (Å²) in [6.07, 6.45) is 5.88. The van der Waals surface area contributed by atoms with Crippen molar-refractivity contribution in [3.8, 4) is 0 Å². The van der Waals surface area contributed by atoms with E-state index in [1.165, 1.54) is 19.3 Å². The second-order valence-electron chi connectivity index (χ2n) is 6.55. The normalized spacial score (nSPS) is 14.4. The van der Waals surface area contributed by atoms with E-state index in [9.17, 15) is 0 Å². The molecule has 154 valence electrons. The molecule has 4 N–H and O–H groups in total. The highest BCUT2D eigenvalue weighted by molar-refractivity contribution is 5.44. The smallest absolute Gasteiger partial charge is 0.231 e. The van der Waals surface area contributed by atoms with Crippen LogP contribution in [0, 0.1) is 0 Å². The number of rotatable bonds is 14. The predicted molar refractivity (Wildman–Crippen MR) is 108 cm³/mol. The minimum atomic E-state index is 0.537. The predicted octanol–water partition coefficient (Wildman–Crippen LogP) is 1.48. The molecule has 0 unspecified atom stereocenters. The molecule has 1 aromatic rings. The van der Waals surface area contributed by atoms with Crippen LogP contribution >= 0.6 is 0 Å². The van der Waals surface area contributed by atoms with Gasteiger partial charge < -0.3 is 30.7 Å². The zero-order valence-electron chi connectivity index (χ0n) is 16.6. The number of anilines is 3. The summed E-state index contributed by atoms with van der Waals surface area (Å²) in [6, 6.07) is 0. The van der Waals surface area contributed by atoms with Gasteiger partial charge in [0, 0.05) is 32.7 Å². The lowest BCUT2D eigenvalue weighted by molar-refractivity contribution is 0.0547. The van der Waals surface area contributed by atoms with Crippen LogP contribution in [0.2, 0.25) is 0 Å². The van der Waals surface area contributed by atoms with E-state index in [2.05, 4.69) is 37.4 Å². The van der Waals surface area contributed by atoms with Crippen LogP contribution in [-0.2, 0) is 9.47 Å². The van der Waals surface area contributed by atoms with Crippen molar-refractivity contribution < 1.29 is 9.47 Å². The molecule has 9 heteroatoms. The molecule has 0 aromatic carbocycles. The average Bonchev–Trinajstić information content (AvgIpc) is 2.71. The van der Waals surface area contributed by atoms with E-state index in [4.69, 9.17) is 15.2 Å². The summed E-state index contributed by atoms with van der Waals surface area (Å²) < 4.78 is 10.8. The third kappa shape index (κ3) is 8.68. The van der Waals surface area contributed by atoms with Gasteiger partial charge in [-0.3, -0.25) is 0 Å². The number of hydrogen-bond acceptors (Lipinski definition) is 9. The van der Waals surface area contributed by atoms with Gasteiger partial charge in [0.25, 0.3) is 0 Å². The van der Waals surface area contributed by atoms with Gasteiger partial charge in [0.15, 0.2) is 0 Å². The Labute approximate surface area is 162 Å². The van der Waals surface area contributed by atoms with Crippen molar-refractivity contribution >= 4 is 17.8 Å². The van der Waals surface area contributed by atoms with E-state index in [1.54, 1.807) is 0 Å². The molecule has 0 bridgehead atoms. The Bertz CT molecular complexity index is 512. The lowest BCUT2D eigenvalue weighted by Gasteiger charge is -2.27. The first-order chi connectivity index (χ1) is 13.3. The first-order valence-corrected chi connectivity index (χ1v) is 10.2. The van der Waals surface area contributed by atoms with Crippen LogP contribution in [0.25, 0.3) is 0 Å². The van der Waals surface area contributed by atoms with Gasteiger partial charge in [-0.2, -0.15) is 15.0 Å². The molecule has 0 amide bonds. The highest BCUT2D eigenvalue weighted by atomic mass is 16.5. The summed E-state index contributed by atoms with van der Waals surface area (Å²) in [5.41, 5.74) is 5.37. The standard InChI is InChI=1S/C18H35N7O2/c1-2-3-8-20-16-22-17(21-9-13-27-15-14-26-12-7-19)24-18(23-16)25-10-5-4-6-11-25/h2-15,19H2,1H3,(H2,20,21,22,23,24). The van der Waals surface area contributed by atoms with Crippen molar-refractivity contribution in [2.24, 2.45) is 5.73 Å². The number of nitrogens with zero attached hydrogens (tertiary/aromatic N) is 4. The summed E-state index contributed by atoms with van der Waals surface area (Å²) in [4.78, 5) is 15.9. The molecule has 0 atom stereocenters. The Kier molecular flexibility index (Phi) is 10.8. The number of nitrogens with one attached hydrogen (secondary N) is 2. The number of unbranched alkanes of at least 4 members (excludes halogenated alkanes) is 1. The molecule has 1 aromatic heterocycles. The monoisotopic (exact) mass is 381 g/mol. The molecule has 0 spiro atoms. The highest BCUT2D eigenvalue weighted by Crippen LogP contribution is 2.18. The van der Waals surface area contributed by atoms with Crippen molar-refractivity contribution in [3.05, 3.63) is 0 Å². The van der Waals surface area contributed by atoms with E-state index >= 15 is 0 Å². The van der Waals surface area contributed by atoms with Gasteiger partial charge in [-0.1, -0.05) is 13.3 Å². The molecule has 1 aliphatic heterocycles. The summed E-state index contributed by atoms with van der Waals surface area (Å²) >= 11 is 0. The molecule has 2 rings (SSSR count). The van der Waals surface area contributed by atoms with E-state index in [1.807, 2.05) is 0 Å². The molecule has 27 heavy (non-hydrogen) atoms. The molecule has 1 saturated heterocycles. The van der Waals surface area contributed by atoms with E-state index in [-0.39, 0.29) is 0 Å². The molecule has 0 saturated carbocycles. The topological polar surface area (TPSA) is 110 Å². The lowest BCUT2D eigenvalue weighted by Crippen LogP contribution is -2.31. The molecular weight excluding hydrogens is 346 g/mol. The quantitative estimate of drug-likeness (QED) is 0.413. The number of aromatic nitrogens is 3. The minimum Gasteiger partial charge on any atom is -0.378 e. The maximum absolute atomic E-state index is 5.53. The SMILES string of the molecule is CCCCNc1nc(NCCOCCOCCN)nc(N2CCCCC2)n1. The third-order valence-corrected chi connectivity index (χ3v) is 4.24. The molecule has 0 aliphatic carbocycles. The van der Waals surface area contributed by atoms with Crippen LogP contribution in [-0.4, -0.2) is 74.1 Å². The molecule has 1 aliphatic rings. The zero-order chi connectivity index (χ0) is 19.2. The maximum atomic E-state index is 5.53. The van der Waals surface area contributed by atoms with Crippen molar-refractivity contribution in [2.45, 2.75) is 39.0 Å². The maximum Gasteiger partial charge on any atom is 0.231 e.